The van der Waals surface area contributed by atoms with Crippen LogP contribution in [-0.2, 0) is 0 Å². The third-order valence-corrected chi connectivity index (χ3v) is 10.8. The standard InChI is InChI=1S/C45H35N3O/c1-3-11-30-25-33(21-19-28(30)9-1)43-46-44(34-22-20-29-10-2-4-12-31(29)26-34)48-45(47-43)40-17-8-15-36-35(14-7-16-37(36)40)32-23-24-39-38-13-5-6-18-41(38)49-42(39)27-32/h3-8,11-19,21-24,26-27,29,33H,1-2,9-10,20,25H2. The van der Waals surface area contributed by atoms with Crippen molar-refractivity contribution in [1.82, 2.24) is 15.0 Å². The molecule has 0 bridgehead atoms. The molecule has 0 radical (unpaired) electrons. The zero-order valence-electron chi connectivity index (χ0n) is 27.3. The van der Waals surface area contributed by atoms with Crippen molar-refractivity contribution in [2.24, 2.45) is 5.92 Å². The fourth-order valence-corrected chi connectivity index (χ4v) is 8.20. The predicted molar refractivity (Wildman–Crippen MR) is 200 cm³/mol. The van der Waals surface area contributed by atoms with E-state index < -0.39 is 0 Å². The van der Waals surface area contributed by atoms with Crippen LogP contribution in [0.4, 0.5) is 0 Å². The average molecular weight is 634 g/mol. The summed E-state index contributed by atoms with van der Waals surface area (Å²) in [5.74, 6) is 3.02. The number of hydrogen-bond acceptors (Lipinski definition) is 4. The summed E-state index contributed by atoms with van der Waals surface area (Å²) in [6, 6.07) is 27.8. The highest BCUT2D eigenvalue weighted by atomic mass is 16.3. The van der Waals surface area contributed by atoms with E-state index in [-0.39, 0.29) is 5.92 Å². The van der Waals surface area contributed by atoms with E-state index >= 15 is 0 Å². The van der Waals surface area contributed by atoms with Gasteiger partial charge in [0.2, 0.25) is 0 Å². The minimum absolute atomic E-state index is 0.0993. The predicted octanol–water partition coefficient (Wildman–Crippen LogP) is 11.6. The Morgan fingerprint density at radius 2 is 1.47 bits per heavy atom. The minimum atomic E-state index is 0.0993. The van der Waals surface area contributed by atoms with Crippen molar-refractivity contribution in [2.45, 2.75) is 44.4 Å². The Labute approximate surface area is 285 Å². The summed E-state index contributed by atoms with van der Waals surface area (Å²) >= 11 is 0. The first kappa shape index (κ1) is 28.4. The number of furan rings is 1. The van der Waals surface area contributed by atoms with E-state index in [9.17, 15) is 0 Å². The second kappa shape index (κ2) is 11.5. The maximum Gasteiger partial charge on any atom is 0.164 e. The Balaban J connectivity index is 1.11. The molecule has 4 aromatic carbocycles. The molecule has 0 amide bonds. The Bertz CT molecular complexity index is 2520. The third-order valence-electron chi connectivity index (χ3n) is 10.8. The first-order valence-corrected chi connectivity index (χ1v) is 17.6. The average Bonchev–Trinajstić information content (AvgIpc) is 3.55. The van der Waals surface area contributed by atoms with Gasteiger partial charge in [-0.05, 0) is 107 Å². The summed E-state index contributed by atoms with van der Waals surface area (Å²) in [6.45, 7) is 0. The quantitative estimate of drug-likeness (QED) is 0.194. The van der Waals surface area contributed by atoms with Crippen LogP contribution in [0.5, 0.6) is 0 Å². The summed E-state index contributed by atoms with van der Waals surface area (Å²) in [7, 11) is 0. The van der Waals surface area contributed by atoms with Crippen LogP contribution >= 0.6 is 0 Å². The number of aromatic nitrogens is 3. The summed E-state index contributed by atoms with van der Waals surface area (Å²) in [4.78, 5) is 15.7. The number of para-hydroxylation sites is 1. The van der Waals surface area contributed by atoms with Gasteiger partial charge in [-0.2, -0.15) is 0 Å². The molecule has 4 aliphatic carbocycles. The molecule has 2 atom stereocenters. The van der Waals surface area contributed by atoms with Gasteiger partial charge in [0.1, 0.15) is 17.0 Å². The zero-order chi connectivity index (χ0) is 32.3. The van der Waals surface area contributed by atoms with Gasteiger partial charge in [-0.15, -0.1) is 0 Å². The van der Waals surface area contributed by atoms with Gasteiger partial charge in [-0.3, -0.25) is 0 Å². The zero-order valence-corrected chi connectivity index (χ0v) is 27.3. The lowest BCUT2D eigenvalue weighted by Crippen LogP contribution is -2.14. The van der Waals surface area contributed by atoms with E-state index in [1.54, 1.807) is 0 Å². The van der Waals surface area contributed by atoms with Crippen LogP contribution < -0.4 is 0 Å². The Morgan fingerprint density at radius 1 is 0.653 bits per heavy atom. The molecule has 0 saturated carbocycles. The SMILES string of the molecule is C1=CC2=C(C=CC(c3nc(C4=CCC5CCC=CC5=C4)nc(-c4cccc5c(-c6ccc7c(c6)oc6ccccc67)cccc45)n3)C2)CC1. The highest BCUT2D eigenvalue weighted by Crippen LogP contribution is 2.40. The molecule has 49 heavy (non-hydrogen) atoms. The molecule has 0 aliphatic heterocycles. The van der Waals surface area contributed by atoms with Gasteiger partial charge >= 0.3 is 0 Å². The Kier molecular flexibility index (Phi) is 6.68. The smallest absolute Gasteiger partial charge is 0.164 e. The molecule has 2 heterocycles. The van der Waals surface area contributed by atoms with Crippen LogP contribution in [0, 0.1) is 5.92 Å². The van der Waals surface area contributed by atoms with E-state index in [2.05, 4.69) is 115 Å². The van der Waals surface area contributed by atoms with E-state index in [1.165, 1.54) is 23.1 Å². The van der Waals surface area contributed by atoms with Crippen LogP contribution in [0.15, 0.2) is 149 Å². The van der Waals surface area contributed by atoms with Gasteiger partial charge < -0.3 is 4.42 Å². The van der Waals surface area contributed by atoms with E-state index in [4.69, 9.17) is 19.4 Å². The molecule has 0 fully saturated rings. The van der Waals surface area contributed by atoms with Crippen molar-refractivity contribution in [2.75, 3.05) is 0 Å². The third kappa shape index (κ3) is 4.93. The monoisotopic (exact) mass is 633 g/mol. The maximum atomic E-state index is 6.27. The van der Waals surface area contributed by atoms with Crippen LogP contribution in [-0.4, -0.2) is 15.0 Å². The van der Waals surface area contributed by atoms with E-state index in [1.807, 2.05) is 12.1 Å². The van der Waals surface area contributed by atoms with Crippen LogP contribution in [0.25, 0.3) is 60.8 Å². The number of fused-ring (bicyclic) bond motifs is 5. The molecule has 4 heteroatoms. The van der Waals surface area contributed by atoms with Crippen molar-refractivity contribution >= 4 is 38.3 Å². The number of hydrogen-bond donors (Lipinski definition) is 0. The van der Waals surface area contributed by atoms with Crippen LogP contribution in [0.2, 0.25) is 0 Å². The van der Waals surface area contributed by atoms with Gasteiger partial charge in [-0.1, -0.05) is 103 Å². The van der Waals surface area contributed by atoms with Crippen molar-refractivity contribution in [3.05, 3.63) is 156 Å². The van der Waals surface area contributed by atoms with Gasteiger partial charge in [-0.25, -0.2) is 15.0 Å². The minimum Gasteiger partial charge on any atom is -0.456 e. The Hall–Kier alpha value is -5.61. The van der Waals surface area contributed by atoms with Crippen molar-refractivity contribution in [1.29, 1.82) is 0 Å². The molecule has 236 valence electrons. The number of nitrogens with zero attached hydrogens (tertiary/aromatic N) is 3. The second-order valence-corrected chi connectivity index (χ2v) is 13.7. The number of allylic oxidation sites excluding steroid dienone is 12. The van der Waals surface area contributed by atoms with Crippen LogP contribution in [0.3, 0.4) is 0 Å². The van der Waals surface area contributed by atoms with Gasteiger partial charge in [0, 0.05) is 27.8 Å². The largest absolute Gasteiger partial charge is 0.456 e. The fraction of sp³-hybridized carbons (Fsp3) is 0.178. The number of benzene rings is 4. The highest BCUT2D eigenvalue weighted by molar-refractivity contribution is 6.08. The van der Waals surface area contributed by atoms with Crippen LogP contribution in [0.1, 0.15) is 56.1 Å². The molecule has 0 saturated heterocycles. The van der Waals surface area contributed by atoms with Crippen molar-refractivity contribution in [3.63, 3.8) is 0 Å². The lowest BCUT2D eigenvalue weighted by Gasteiger charge is -2.25. The van der Waals surface area contributed by atoms with Gasteiger partial charge in [0.05, 0.1) is 0 Å². The first-order valence-electron chi connectivity index (χ1n) is 17.6. The molecule has 2 unspecified atom stereocenters. The van der Waals surface area contributed by atoms with Crippen molar-refractivity contribution in [3.8, 4) is 22.5 Å². The molecule has 4 aliphatic rings. The highest BCUT2D eigenvalue weighted by Gasteiger charge is 2.25. The normalized spacial score (nSPS) is 20.1. The lowest BCUT2D eigenvalue weighted by molar-refractivity contribution is 0.567. The fourth-order valence-electron chi connectivity index (χ4n) is 8.20. The van der Waals surface area contributed by atoms with E-state index in [0.29, 0.717) is 5.92 Å². The molecule has 6 aromatic rings. The van der Waals surface area contributed by atoms with Gasteiger partial charge in [0.25, 0.3) is 0 Å². The lowest BCUT2D eigenvalue weighted by atomic mass is 9.82. The first-order chi connectivity index (χ1) is 24.2. The summed E-state index contributed by atoms with van der Waals surface area (Å²) in [5.41, 5.74) is 10.5. The summed E-state index contributed by atoms with van der Waals surface area (Å²) in [5, 5.41) is 4.56. The molecule has 0 N–H and O–H groups in total. The summed E-state index contributed by atoms with van der Waals surface area (Å²) in [6.07, 6.45) is 25.0. The Morgan fingerprint density at radius 3 is 2.43 bits per heavy atom. The van der Waals surface area contributed by atoms with E-state index in [0.717, 1.165) is 105 Å². The molecular weight excluding hydrogens is 599 g/mol. The number of rotatable bonds is 4. The second-order valence-electron chi connectivity index (χ2n) is 13.7. The molecule has 2 aromatic heterocycles. The molecule has 4 nitrogen and oxygen atoms in total. The van der Waals surface area contributed by atoms with Gasteiger partial charge in [0.15, 0.2) is 11.6 Å². The topological polar surface area (TPSA) is 51.8 Å². The molecular formula is C45H35N3O. The molecule has 0 spiro atoms. The summed E-state index contributed by atoms with van der Waals surface area (Å²) < 4.78 is 6.27. The molecule has 10 rings (SSSR count). The maximum absolute atomic E-state index is 6.27. The van der Waals surface area contributed by atoms with Crippen molar-refractivity contribution < 1.29 is 4.42 Å².